The van der Waals surface area contributed by atoms with Crippen LogP contribution in [0, 0.1) is 0 Å². The number of hydrogen-bond acceptors (Lipinski definition) is 1. The Balaban J connectivity index is 2.81. The number of benzene rings is 1. The number of aryl methyl sites for hydroxylation is 1. The van der Waals surface area contributed by atoms with Crippen molar-refractivity contribution >= 4 is 15.9 Å². The molecule has 0 fully saturated rings. The van der Waals surface area contributed by atoms with Crippen LogP contribution in [0.15, 0.2) is 22.7 Å². The fourth-order valence-electron chi connectivity index (χ4n) is 1.77. The average molecular weight is 270 g/mol. The molecule has 0 amide bonds. The van der Waals surface area contributed by atoms with Crippen molar-refractivity contribution in [3.8, 4) is 0 Å². The summed E-state index contributed by atoms with van der Waals surface area (Å²) in [6, 6.07) is 6.75. The normalized spacial score (nSPS) is 12.8. The zero-order valence-corrected chi connectivity index (χ0v) is 11.4. The summed E-state index contributed by atoms with van der Waals surface area (Å²) in [5.74, 6) is 0.571. The highest BCUT2D eigenvalue weighted by Gasteiger charge is 2.06. The zero-order valence-electron chi connectivity index (χ0n) is 9.81. The van der Waals surface area contributed by atoms with Crippen molar-refractivity contribution in [3.05, 3.63) is 33.8 Å². The van der Waals surface area contributed by atoms with Crippen molar-refractivity contribution < 1.29 is 0 Å². The van der Waals surface area contributed by atoms with Crippen LogP contribution in [0.1, 0.15) is 37.3 Å². The largest absolute Gasteiger partial charge is 0.319 e. The summed E-state index contributed by atoms with van der Waals surface area (Å²) >= 11 is 3.65. The van der Waals surface area contributed by atoms with Crippen LogP contribution in [0.2, 0.25) is 0 Å². The molecular formula is C13H20BrN. The second-order valence-electron chi connectivity index (χ2n) is 4.06. The molecule has 84 valence electrons. The molecule has 0 aliphatic rings. The summed E-state index contributed by atoms with van der Waals surface area (Å²) in [6.07, 6.45) is 2.35. The summed E-state index contributed by atoms with van der Waals surface area (Å²) in [6.45, 7) is 5.49. The van der Waals surface area contributed by atoms with E-state index in [4.69, 9.17) is 0 Å². The summed E-state index contributed by atoms with van der Waals surface area (Å²) < 4.78 is 1.25. The number of rotatable bonds is 5. The van der Waals surface area contributed by atoms with Crippen LogP contribution in [0.4, 0.5) is 0 Å². The summed E-state index contributed by atoms with van der Waals surface area (Å²) in [5, 5.41) is 3.21. The Bertz CT molecular complexity index is 309. The van der Waals surface area contributed by atoms with E-state index in [1.165, 1.54) is 22.0 Å². The maximum Gasteiger partial charge on any atom is 0.0210 e. The standard InChI is InChI=1S/C13H20BrN/c1-4-5-11-6-7-12(8-13(11)14)10(2)9-15-3/h6-8,10,15H,4-5,9H2,1-3H3. The third-order valence-corrected chi connectivity index (χ3v) is 3.41. The van der Waals surface area contributed by atoms with Gasteiger partial charge in [0.25, 0.3) is 0 Å². The zero-order chi connectivity index (χ0) is 11.3. The van der Waals surface area contributed by atoms with E-state index in [0.717, 1.165) is 13.0 Å². The molecule has 1 aromatic carbocycles. The van der Waals surface area contributed by atoms with Crippen molar-refractivity contribution in [1.29, 1.82) is 0 Å². The van der Waals surface area contributed by atoms with Crippen LogP contribution in [0.3, 0.4) is 0 Å². The topological polar surface area (TPSA) is 12.0 Å². The van der Waals surface area contributed by atoms with Gasteiger partial charge in [-0.15, -0.1) is 0 Å². The summed E-state index contributed by atoms with van der Waals surface area (Å²) in [5.41, 5.74) is 2.81. The number of likely N-dealkylation sites (N-methyl/N-ethyl adjacent to an activating group) is 1. The second-order valence-corrected chi connectivity index (χ2v) is 4.91. The maximum atomic E-state index is 3.65. The lowest BCUT2D eigenvalue weighted by atomic mass is 9.99. The highest BCUT2D eigenvalue weighted by Crippen LogP contribution is 2.24. The molecule has 0 saturated carbocycles. The Morgan fingerprint density at radius 3 is 2.67 bits per heavy atom. The first kappa shape index (κ1) is 12.7. The van der Waals surface area contributed by atoms with Crippen molar-refractivity contribution in [2.24, 2.45) is 0 Å². The maximum absolute atomic E-state index is 3.65. The molecule has 0 aromatic heterocycles. The molecular weight excluding hydrogens is 250 g/mol. The number of halogens is 1. The highest BCUT2D eigenvalue weighted by atomic mass is 79.9. The fraction of sp³-hybridized carbons (Fsp3) is 0.538. The van der Waals surface area contributed by atoms with E-state index in [2.05, 4.69) is 53.3 Å². The third kappa shape index (κ3) is 3.62. The van der Waals surface area contributed by atoms with Gasteiger partial charge < -0.3 is 5.32 Å². The van der Waals surface area contributed by atoms with Crippen molar-refractivity contribution in [1.82, 2.24) is 5.32 Å². The predicted molar refractivity (Wildman–Crippen MR) is 70.5 cm³/mol. The molecule has 0 aliphatic heterocycles. The van der Waals surface area contributed by atoms with E-state index < -0.39 is 0 Å². The lowest BCUT2D eigenvalue weighted by molar-refractivity contribution is 0.677. The molecule has 1 rings (SSSR count). The van der Waals surface area contributed by atoms with Gasteiger partial charge in [0.15, 0.2) is 0 Å². The van der Waals surface area contributed by atoms with Gasteiger partial charge in [-0.25, -0.2) is 0 Å². The van der Waals surface area contributed by atoms with Gasteiger partial charge >= 0.3 is 0 Å². The van der Waals surface area contributed by atoms with Gasteiger partial charge in [0.1, 0.15) is 0 Å². The molecule has 1 atom stereocenters. The van der Waals surface area contributed by atoms with Gasteiger partial charge in [0, 0.05) is 11.0 Å². The summed E-state index contributed by atoms with van der Waals surface area (Å²) in [4.78, 5) is 0. The first-order valence-electron chi connectivity index (χ1n) is 5.62. The second kappa shape index (κ2) is 6.29. The molecule has 0 saturated heterocycles. The first-order valence-corrected chi connectivity index (χ1v) is 6.41. The fourth-order valence-corrected chi connectivity index (χ4v) is 2.36. The molecule has 0 heterocycles. The highest BCUT2D eigenvalue weighted by molar-refractivity contribution is 9.10. The average Bonchev–Trinajstić information content (AvgIpc) is 2.21. The van der Waals surface area contributed by atoms with E-state index in [-0.39, 0.29) is 0 Å². The van der Waals surface area contributed by atoms with Crippen molar-refractivity contribution in [2.75, 3.05) is 13.6 Å². The Morgan fingerprint density at radius 2 is 2.13 bits per heavy atom. The van der Waals surface area contributed by atoms with E-state index in [1.54, 1.807) is 0 Å². The molecule has 0 aliphatic carbocycles. The number of nitrogens with one attached hydrogen (secondary N) is 1. The lowest BCUT2D eigenvalue weighted by Gasteiger charge is -2.13. The van der Waals surface area contributed by atoms with Crippen LogP contribution in [0.25, 0.3) is 0 Å². The van der Waals surface area contributed by atoms with Crippen LogP contribution in [-0.2, 0) is 6.42 Å². The van der Waals surface area contributed by atoms with E-state index in [1.807, 2.05) is 7.05 Å². The molecule has 1 nitrogen and oxygen atoms in total. The molecule has 2 heteroatoms. The Kier molecular flexibility index (Phi) is 5.34. The van der Waals surface area contributed by atoms with Gasteiger partial charge in [-0.1, -0.05) is 48.3 Å². The van der Waals surface area contributed by atoms with Gasteiger partial charge in [0.05, 0.1) is 0 Å². The SMILES string of the molecule is CCCc1ccc(C(C)CNC)cc1Br. The smallest absolute Gasteiger partial charge is 0.0210 e. The molecule has 1 aromatic rings. The van der Waals surface area contributed by atoms with Crippen LogP contribution in [0.5, 0.6) is 0 Å². The van der Waals surface area contributed by atoms with E-state index in [9.17, 15) is 0 Å². The van der Waals surface area contributed by atoms with Crippen LogP contribution >= 0.6 is 15.9 Å². The Hall–Kier alpha value is -0.340. The Labute approximate surface area is 101 Å². The molecule has 1 unspecified atom stereocenters. The van der Waals surface area contributed by atoms with Crippen molar-refractivity contribution in [2.45, 2.75) is 32.6 Å². The first-order chi connectivity index (χ1) is 7.19. The molecule has 0 spiro atoms. The monoisotopic (exact) mass is 269 g/mol. The molecule has 15 heavy (non-hydrogen) atoms. The third-order valence-electron chi connectivity index (χ3n) is 2.68. The van der Waals surface area contributed by atoms with Gasteiger partial charge in [-0.05, 0) is 36.6 Å². The van der Waals surface area contributed by atoms with Crippen molar-refractivity contribution in [3.63, 3.8) is 0 Å². The minimum absolute atomic E-state index is 0.571. The molecule has 0 radical (unpaired) electrons. The van der Waals surface area contributed by atoms with Crippen LogP contribution < -0.4 is 5.32 Å². The lowest BCUT2D eigenvalue weighted by Crippen LogP contribution is -2.14. The van der Waals surface area contributed by atoms with E-state index >= 15 is 0 Å². The Morgan fingerprint density at radius 1 is 1.40 bits per heavy atom. The minimum atomic E-state index is 0.571. The molecule has 1 N–H and O–H groups in total. The van der Waals surface area contributed by atoms with Gasteiger partial charge in [-0.3, -0.25) is 0 Å². The molecule has 0 bridgehead atoms. The minimum Gasteiger partial charge on any atom is -0.319 e. The quantitative estimate of drug-likeness (QED) is 0.859. The van der Waals surface area contributed by atoms with Crippen LogP contribution in [-0.4, -0.2) is 13.6 Å². The summed E-state index contributed by atoms with van der Waals surface area (Å²) in [7, 11) is 2.00. The van der Waals surface area contributed by atoms with Gasteiger partial charge in [0.2, 0.25) is 0 Å². The van der Waals surface area contributed by atoms with E-state index in [0.29, 0.717) is 5.92 Å². The number of hydrogen-bond donors (Lipinski definition) is 1. The predicted octanol–water partition coefficient (Wildman–Crippen LogP) is 3.72. The van der Waals surface area contributed by atoms with Gasteiger partial charge in [-0.2, -0.15) is 0 Å².